The molecule has 122 valence electrons. The molecule has 1 aromatic rings. The number of nitrogens with one attached hydrogen (secondary N) is 1. The van der Waals surface area contributed by atoms with Gasteiger partial charge in [-0.15, -0.1) is 0 Å². The summed E-state index contributed by atoms with van der Waals surface area (Å²) in [4.78, 5) is 23.3. The van der Waals surface area contributed by atoms with Crippen molar-refractivity contribution in [2.24, 2.45) is 11.3 Å². The Kier molecular flexibility index (Phi) is 4.94. The van der Waals surface area contributed by atoms with Crippen molar-refractivity contribution in [2.45, 2.75) is 52.9 Å². The number of hydrogen-bond acceptors (Lipinski definition) is 3. The zero-order valence-corrected chi connectivity index (χ0v) is 13.6. The lowest BCUT2D eigenvalue weighted by atomic mass is 9.64. The zero-order valence-electron chi connectivity index (χ0n) is 13.6. The minimum Gasteiger partial charge on any atom is -0.481 e. The van der Waals surface area contributed by atoms with Crippen LogP contribution in [0.15, 0.2) is 10.7 Å². The highest BCUT2D eigenvalue weighted by Gasteiger charge is 2.37. The van der Waals surface area contributed by atoms with Gasteiger partial charge in [0.1, 0.15) is 12.2 Å². The summed E-state index contributed by atoms with van der Waals surface area (Å²) in [6.45, 7) is 6.82. The van der Waals surface area contributed by atoms with Gasteiger partial charge < -0.3 is 14.8 Å². The lowest BCUT2D eigenvalue weighted by Gasteiger charge is -2.43. The molecule has 0 bridgehead atoms. The molecular formula is C17H25NO4. The van der Waals surface area contributed by atoms with Gasteiger partial charge in [0.25, 0.3) is 5.91 Å². The van der Waals surface area contributed by atoms with Crippen molar-refractivity contribution in [1.29, 1.82) is 0 Å². The largest absolute Gasteiger partial charge is 0.481 e. The van der Waals surface area contributed by atoms with E-state index < -0.39 is 5.97 Å². The molecule has 5 heteroatoms. The van der Waals surface area contributed by atoms with E-state index in [0.29, 0.717) is 23.6 Å². The highest BCUT2D eigenvalue weighted by Crippen LogP contribution is 2.45. The fourth-order valence-electron chi connectivity index (χ4n) is 3.42. The molecule has 0 aliphatic heterocycles. The number of carboxylic acid groups (broad SMARTS) is 1. The molecule has 2 N–H and O–H groups in total. The second-order valence-electron chi connectivity index (χ2n) is 6.92. The summed E-state index contributed by atoms with van der Waals surface area (Å²) in [5.74, 6) is -0.388. The number of hydrogen-bond donors (Lipinski definition) is 2. The van der Waals surface area contributed by atoms with Crippen molar-refractivity contribution in [3.8, 4) is 0 Å². The van der Waals surface area contributed by atoms with Crippen molar-refractivity contribution in [3.05, 3.63) is 23.2 Å². The minimum atomic E-state index is -1.00. The van der Waals surface area contributed by atoms with Crippen LogP contribution in [-0.2, 0) is 11.2 Å². The van der Waals surface area contributed by atoms with Crippen LogP contribution in [0.3, 0.4) is 0 Å². The first kappa shape index (κ1) is 16.6. The fourth-order valence-corrected chi connectivity index (χ4v) is 3.42. The molecule has 1 heterocycles. The second-order valence-corrected chi connectivity index (χ2v) is 6.92. The Balaban J connectivity index is 2.03. The molecule has 1 fully saturated rings. The lowest BCUT2D eigenvalue weighted by Crippen LogP contribution is -2.43. The van der Waals surface area contributed by atoms with Crippen LogP contribution in [0.5, 0.6) is 0 Å². The molecule has 1 aliphatic carbocycles. The van der Waals surface area contributed by atoms with Gasteiger partial charge in [0.05, 0.1) is 11.8 Å². The fraction of sp³-hybridized carbons (Fsp3) is 0.647. The van der Waals surface area contributed by atoms with E-state index in [1.165, 1.54) is 12.7 Å². The van der Waals surface area contributed by atoms with Crippen LogP contribution in [0, 0.1) is 18.3 Å². The van der Waals surface area contributed by atoms with Crippen molar-refractivity contribution in [3.63, 3.8) is 0 Å². The smallest absolute Gasteiger partial charge is 0.311 e. The summed E-state index contributed by atoms with van der Waals surface area (Å²) in [6.07, 6.45) is 5.81. The Hall–Kier alpha value is -1.78. The van der Waals surface area contributed by atoms with Crippen LogP contribution in [0.25, 0.3) is 0 Å². The molecule has 0 unspecified atom stereocenters. The number of furan rings is 1. The molecule has 1 aliphatic rings. The number of carbonyl (C=O) groups is 2. The van der Waals surface area contributed by atoms with Crippen LogP contribution in [0.2, 0.25) is 0 Å². The normalized spacial score (nSPS) is 16.4. The molecule has 0 aromatic carbocycles. The van der Waals surface area contributed by atoms with Crippen LogP contribution in [0.1, 0.15) is 61.2 Å². The van der Waals surface area contributed by atoms with E-state index >= 15 is 0 Å². The van der Waals surface area contributed by atoms with Crippen LogP contribution >= 0.6 is 0 Å². The molecule has 0 saturated heterocycles. The number of aliphatic carboxylic acids is 1. The van der Waals surface area contributed by atoms with Crippen LogP contribution in [-0.4, -0.2) is 23.5 Å². The maximum absolute atomic E-state index is 12.4. The predicted octanol–water partition coefficient (Wildman–Crippen LogP) is 3.16. The van der Waals surface area contributed by atoms with E-state index in [4.69, 9.17) is 9.52 Å². The Bertz CT molecular complexity index is 555. The Morgan fingerprint density at radius 2 is 2.09 bits per heavy atom. The van der Waals surface area contributed by atoms with Gasteiger partial charge in [-0.25, -0.2) is 0 Å². The maximum Gasteiger partial charge on any atom is 0.311 e. The second kappa shape index (κ2) is 6.55. The number of carboxylic acids is 1. The van der Waals surface area contributed by atoms with E-state index in [-0.39, 0.29) is 23.5 Å². The molecule has 5 nitrogen and oxygen atoms in total. The molecule has 2 rings (SSSR count). The highest BCUT2D eigenvalue weighted by atomic mass is 16.4. The average molecular weight is 307 g/mol. The van der Waals surface area contributed by atoms with Gasteiger partial charge in [0.15, 0.2) is 0 Å². The molecule has 0 radical (unpaired) electrons. The van der Waals surface area contributed by atoms with Crippen molar-refractivity contribution >= 4 is 11.9 Å². The van der Waals surface area contributed by atoms with Crippen LogP contribution in [0.4, 0.5) is 0 Å². The molecule has 0 atom stereocenters. The first-order valence-electron chi connectivity index (χ1n) is 7.90. The van der Waals surface area contributed by atoms with E-state index in [1.807, 2.05) is 0 Å². The molecule has 1 aromatic heterocycles. The molecular weight excluding hydrogens is 282 g/mol. The van der Waals surface area contributed by atoms with Gasteiger partial charge in [-0.05, 0) is 37.5 Å². The summed E-state index contributed by atoms with van der Waals surface area (Å²) in [6, 6.07) is 0. The summed E-state index contributed by atoms with van der Waals surface area (Å²) in [5.41, 5.74) is 1.27. The monoisotopic (exact) mass is 307 g/mol. The summed E-state index contributed by atoms with van der Waals surface area (Å²) < 4.78 is 5.22. The van der Waals surface area contributed by atoms with Gasteiger partial charge in [-0.3, -0.25) is 9.59 Å². The van der Waals surface area contributed by atoms with Crippen molar-refractivity contribution in [1.82, 2.24) is 5.32 Å². The van der Waals surface area contributed by atoms with Gasteiger partial charge in [0.2, 0.25) is 0 Å². The minimum absolute atomic E-state index is 0.217. The third-order valence-electron chi connectivity index (χ3n) is 4.47. The molecule has 1 saturated carbocycles. The zero-order chi connectivity index (χ0) is 16.3. The van der Waals surface area contributed by atoms with Crippen LogP contribution < -0.4 is 5.32 Å². The molecule has 0 spiro atoms. The Morgan fingerprint density at radius 3 is 2.59 bits per heavy atom. The predicted molar refractivity (Wildman–Crippen MR) is 82.9 cm³/mol. The van der Waals surface area contributed by atoms with E-state index in [2.05, 4.69) is 19.2 Å². The first-order chi connectivity index (χ1) is 10.3. The number of aryl methyl sites for hydroxylation is 1. The average Bonchev–Trinajstić information content (AvgIpc) is 2.72. The lowest BCUT2D eigenvalue weighted by molar-refractivity contribution is -0.136. The Morgan fingerprint density at radius 1 is 1.41 bits per heavy atom. The number of amides is 1. The SMILES string of the molecule is Cc1coc(CC(=O)O)c1C(=O)NCC1(CC(C)C)CCC1. The van der Waals surface area contributed by atoms with E-state index in [0.717, 1.165) is 19.3 Å². The Labute approximate surface area is 131 Å². The highest BCUT2D eigenvalue weighted by molar-refractivity contribution is 5.97. The van der Waals surface area contributed by atoms with Gasteiger partial charge in [0, 0.05) is 12.1 Å². The summed E-state index contributed by atoms with van der Waals surface area (Å²) in [7, 11) is 0. The summed E-state index contributed by atoms with van der Waals surface area (Å²) in [5, 5.41) is 11.9. The van der Waals surface area contributed by atoms with Gasteiger partial charge in [-0.1, -0.05) is 20.3 Å². The van der Waals surface area contributed by atoms with E-state index in [1.54, 1.807) is 6.92 Å². The van der Waals surface area contributed by atoms with E-state index in [9.17, 15) is 9.59 Å². The van der Waals surface area contributed by atoms with Crippen molar-refractivity contribution < 1.29 is 19.1 Å². The third kappa shape index (κ3) is 3.70. The first-order valence-corrected chi connectivity index (χ1v) is 7.90. The topological polar surface area (TPSA) is 79.5 Å². The van der Waals surface area contributed by atoms with Gasteiger partial charge >= 0.3 is 5.97 Å². The molecule has 22 heavy (non-hydrogen) atoms. The van der Waals surface area contributed by atoms with Crippen molar-refractivity contribution in [2.75, 3.05) is 6.54 Å². The standard InChI is InChI=1S/C17H25NO4/c1-11(2)8-17(5-4-6-17)10-18-16(21)15-12(3)9-22-13(15)7-14(19)20/h9,11H,4-8,10H2,1-3H3,(H,18,21)(H,19,20). The maximum atomic E-state index is 12.4. The number of rotatable bonds is 7. The van der Waals surface area contributed by atoms with Gasteiger partial charge in [-0.2, -0.15) is 0 Å². The molecule has 1 amide bonds. The number of carbonyl (C=O) groups excluding carboxylic acids is 1. The summed E-state index contributed by atoms with van der Waals surface area (Å²) >= 11 is 0. The third-order valence-corrected chi connectivity index (χ3v) is 4.47. The quantitative estimate of drug-likeness (QED) is 0.811.